The van der Waals surface area contributed by atoms with Gasteiger partial charge in [-0.3, -0.25) is 0 Å². The summed E-state index contributed by atoms with van der Waals surface area (Å²) in [5.74, 6) is 0. The molecule has 0 saturated carbocycles. The number of hydrogen-bond donors (Lipinski definition) is 1. The minimum atomic E-state index is 0.0181. The van der Waals surface area contributed by atoms with E-state index in [-0.39, 0.29) is 6.04 Å². The van der Waals surface area contributed by atoms with Crippen LogP contribution in [-0.2, 0) is 6.54 Å². The highest BCUT2D eigenvalue weighted by Crippen LogP contribution is 2.19. The SMILES string of the molecule is CCCNC(c1ccncn1)c1cnnn1CCC. The molecule has 0 radical (unpaired) electrons. The Bertz CT molecular complexity index is 481. The molecule has 102 valence electrons. The lowest BCUT2D eigenvalue weighted by Crippen LogP contribution is -2.26. The molecule has 0 saturated heterocycles. The molecule has 6 nitrogen and oxygen atoms in total. The van der Waals surface area contributed by atoms with Crippen molar-refractivity contribution in [3.63, 3.8) is 0 Å². The van der Waals surface area contributed by atoms with Crippen LogP contribution in [0.1, 0.15) is 44.1 Å². The first-order valence-corrected chi connectivity index (χ1v) is 6.74. The Morgan fingerprint density at radius 2 is 2.21 bits per heavy atom. The highest BCUT2D eigenvalue weighted by molar-refractivity contribution is 5.18. The first-order valence-electron chi connectivity index (χ1n) is 6.74. The van der Waals surface area contributed by atoms with Crippen LogP contribution in [0.15, 0.2) is 24.8 Å². The summed E-state index contributed by atoms with van der Waals surface area (Å²) in [6.45, 7) is 6.06. The summed E-state index contributed by atoms with van der Waals surface area (Å²) >= 11 is 0. The lowest BCUT2D eigenvalue weighted by atomic mass is 10.1. The third-order valence-corrected chi connectivity index (χ3v) is 2.88. The fourth-order valence-electron chi connectivity index (χ4n) is 2.00. The molecule has 0 bridgehead atoms. The highest BCUT2D eigenvalue weighted by Gasteiger charge is 2.19. The molecule has 19 heavy (non-hydrogen) atoms. The second-order valence-corrected chi connectivity index (χ2v) is 4.40. The minimum absolute atomic E-state index is 0.0181. The van der Waals surface area contributed by atoms with Crippen molar-refractivity contribution < 1.29 is 0 Å². The van der Waals surface area contributed by atoms with Gasteiger partial charge in [0.15, 0.2) is 0 Å². The zero-order valence-electron chi connectivity index (χ0n) is 11.5. The molecule has 0 aliphatic rings. The summed E-state index contributed by atoms with van der Waals surface area (Å²) in [5, 5.41) is 11.7. The predicted molar refractivity (Wildman–Crippen MR) is 72.5 cm³/mol. The number of aromatic nitrogens is 5. The molecule has 6 heteroatoms. The molecule has 1 unspecified atom stereocenters. The molecule has 0 spiro atoms. The summed E-state index contributed by atoms with van der Waals surface area (Å²) in [5.41, 5.74) is 2.00. The summed E-state index contributed by atoms with van der Waals surface area (Å²) in [7, 11) is 0. The van der Waals surface area contributed by atoms with Crippen molar-refractivity contribution in [3.05, 3.63) is 36.2 Å². The average Bonchev–Trinajstić information content (AvgIpc) is 2.89. The Balaban J connectivity index is 2.29. The molecule has 2 aromatic heterocycles. The largest absolute Gasteiger partial charge is 0.304 e. The first-order chi connectivity index (χ1) is 9.36. The van der Waals surface area contributed by atoms with Gasteiger partial charge in [0.05, 0.1) is 23.6 Å². The van der Waals surface area contributed by atoms with E-state index in [1.165, 1.54) is 0 Å². The molecule has 0 fully saturated rings. The monoisotopic (exact) mass is 260 g/mol. The van der Waals surface area contributed by atoms with Crippen LogP contribution in [0.25, 0.3) is 0 Å². The Kier molecular flexibility index (Phi) is 4.97. The van der Waals surface area contributed by atoms with Crippen LogP contribution in [0.2, 0.25) is 0 Å². The number of nitrogens with zero attached hydrogens (tertiary/aromatic N) is 5. The van der Waals surface area contributed by atoms with Crippen LogP contribution in [0.3, 0.4) is 0 Å². The highest BCUT2D eigenvalue weighted by atomic mass is 15.4. The van der Waals surface area contributed by atoms with Gasteiger partial charge in [0.25, 0.3) is 0 Å². The average molecular weight is 260 g/mol. The summed E-state index contributed by atoms with van der Waals surface area (Å²) in [6, 6.07) is 1.95. The van der Waals surface area contributed by atoms with Crippen LogP contribution >= 0.6 is 0 Å². The van der Waals surface area contributed by atoms with Gasteiger partial charge in [-0.2, -0.15) is 0 Å². The molecular weight excluding hydrogens is 240 g/mol. The summed E-state index contributed by atoms with van der Waals surface area (Å²) in [4.78, 5) is 8.32. The van der Waals surface area contributed by atoms with Crippen molar-refractivity contribution in [2.75, 3.05) is 6.54 Å². The standard InChI is InChI=1S/C13H20N6/c1-3-6-15-13(11-5-7-14-10-16-11)12-9-17-18-19(12)8-4-2/h5,7,9-10,13,15H,3-4,6,8H2,1-2H3. The molecule has 0 aliphatic heterocycles. The van der Waals surface area contributed by atoms with Crippen LogP contribution < -0.4 is 5.32 Å². The number of aryl methyl sites for hydroxylation is 1. The minimum Gasteiger partial charge on any atom is -0.304 e. The van der Waals surface area contributed by atoms with Gasteiger partial charge >= 0.3 is 0 Å². The quantitative estimate of drug-likeness (QED) is 0.818. The molecular formula is C13H20N6. The van der Waals surface area contributed by atoms with Gasteiger partial charge < -0.3 is 5.32 Å². The lowest BCUT2D eigenvalue weighted by molar-refractivity contribution is 0.498. The van der Waals surface area contributed by atoms with E-state index in [0.29, 0.717) is 0 Å². The Morgan fingerprint density at radius 3 is 2.89 bits per heavy atom. The Labute approximate surface area is 113 Å². The van der Waals surface area contributed by atoms with Crippen LogP contribution in [0.5, 0.6) is 0 Å². The third-order valence-electron chi connectivity index (χ3n) is 2.88. The second kappa shape index (κ2) is 6.94. The smallest absolute Gasteiger partial charge is 0.115 e. The van der Waals surface area contributed by atoms with Crippen molar-refractivity contribution in [1.29, 1.82) is 0 Å². The van der Waals surface area contributed by atoms with Crippen molar-refractivity contribution in [2.24, 2.45) is 0 Å². The molecule has 0 aliphatic carbocycles. The molecule has 2 rings (SSSR count). The second-order valence-electron chi connectivity index (χ2n) is 4.40. The maximum Gasteiger partial charge on any atom is 0.115 e. The number of nitrogens with one attached hydrogen (secondary N) is 1. The van der Waals surface area contributed by atoms with Gasteiger partial charge in [-0.25, -0.2) is 14.6 Å². The van der Waals surface area contributed by atoms with Crippen molar-refractivity contribution in [1.82, 2.24) is 30.3 Å². The maximum atomic E-state index is 4.35. The van der Waals surface area contributed by atoms with Gasteiger partial charge in [-0.1, -0.05) is 19.1 Å². The Hall–Kier alpha value is -1.82. The van der Waals surface area contributed by atoms with E-state index >= 15 is 0 Å². The fourth-order valence-corrected chi connectivity index (χ4v) is 2.00. The van der Waals surface area contributed by atoms with E-state index in [1.807, 2.05) is 16.9 Å². The van der Waals surface area contributed by atoms with Crippen LogP contribution in [0, 0.1) is 0 Å². The number of rotatable bonds is 7. The van der Waals surface area contributed by atoms with Crippen molar-refractivity contribution >= 4 is 0 Å². The van der Waals surface area contributed by atoms with E-state index in [0.717, 1.165) is 37.3 Å². The van der Waals surface area contributed by atoms with E-state index in [4.69, 9.17) is 0 Å². The Morgan fingerprint density at radius 1 is 1.32 bits per heavy atom. The van der Waals surface area contributed by atoms with E-state index < -0.39 is 0 Å². The van der Waals surface area contributed by atoms with Crippen LogP contribution in [-0.4, -0.2) is 31.5 Å². The molecule has 2 aromatic rings. The maximum absolute atomic E-state index is 4.35. The number of hydrogen-bond acceptors (Lipinski definition) is 5. The van der Waals surface area contributed by atoms with Gasteiger partial charge in [-0.15, -0.1) is 5.10 Å². The van der Waals surface area contributed by atoms with Crippen molar-refractivity contribution in [2.45, 2.75) is 39.3 Å². The van der Waals surface area contributed by atoms with Gasteiger partial charge in [0.1, 0.15) is 6.33 Å². The third kappa shape index (κ3) is 3.35. The lowest BCUT2D eigenvalue weighted by Gasteiger charge is -2.18. The zero-order chi connectivity index (χ0) is 13.5. The topological polar surface area (TPSA) is 68.5 Å². The van der Waals surface area contributed by atoms with Gasteiger partial charge in [0, 0.05) is 12.7 Å². The molecule has 0 amide bonds. The molecule has 1 atom stereocenters. The normalized spacial score (nSPS) is 12.5. The van der Waals surface area contributed by atoms with Crippen molar-refractivity contribution in [3.8, 4) is 0 Å². The predicted octanol–water partition coefficient (Wildman–Crippen LogP) is 1.57. The molecule has 1 N–H and O–H groups in total. The summed E-state index contributed by atoms with van der Waals surface area (Å²) in [6.07, 6.45) is 7.24. The van der Waals surface area contributed by atoms with E-state index in [2.05, 4.69) is 39.4 Å². The zero-order valence-corrected chi connectivity index (χ0v) is 11.5. The first kappa shape index (κ1) is 13.6. The van der Waals surface area contributed by atoms with Gasteiger partial charge in [0.2, 0.25) is 0 Å². The summed E-state index contributed by atoms with van der Waals surface area (Å²) < 4.78 is 1.94. The van der Waals surface area contributed by atoms with Gasteiger partial charge in [-0.05, 0) is 25.5 Å². The molecule has 2 heterocycles. The molecule has 0 aromatic carbocycles. The van der Waals surface area contributed by atoms with E-state index in [1.54, 1.807) is 12.5 Å². The van der Waals surface area contributed by atoms with Crippen LogP contribution in [0.4, 0.5) is 0 Å². The van der Waals surface area contributed by atoms with E-state index in [9.17, 15) is 0 Å². The fraction of sp³-hybridized carbons (Fsp3) is 0.538.